The molecule has 0 aromatic heterocycles. The molecule has 2 heterocycles. The van der Waals surface area contributed by atoms with Crippen molar-refractivity contribution >= 4 is 5.91 Å². The molecule has 0 saturated heterocycles. The van der Waals surface area contributed by atoms with E-state index < -0.39 is 0 Å². The second-order valence-corrected chi connectivity index (χ2v) is 8.57. The third-order valence-corrected chi connectivity index (χ3v) is 5.80. The number of ether oxygens (including phenoxy) is 4. The molecule has 0 saturated carbocycles. The summed E-state index contributed by atoms with van der Waals surface area (Å²) in [6, 6.07) is 9.52. The molecular formula is C24H29NO5. The fourth-order valence-corrected chi connectivity index (χ4v) is 4.27. The highest BCUT2D eigenvalue weighted by Crippen LogP contribution is 2.44. The van der Waals surface area contributed by atoms with Crippen molar-refractivity contribution < 1.29 is 23.7 Å². The molecule has 6 heteroatoms. The molecule has 0 spiro atoms. The summed E-state index contributed by atoms with van der Waals surface area (Å²) in [5, 5.41) is 3.18. The molecule has 6 nitrogen and oxygen atoms in total. The first-order valence-corrected chi connectivity index (χ1v) is 10.3. The van der Waals surface area contributed by atoms with Gasteiger partial charge in [0, 0.05) is 23.6 Å². The summed E-state index contributed by atoms with van der Waals surface area (Å²) in [6.07, 6.45) is 1.45. The maximum Gasteiger partial charge on any atom is 0.228 e. The normalized spacial score (nSPS) is 19.6. The lowest BCUT2D eigenvalue weighted by Gasteiger charge is -2.27. The molecule has 2 atom stereocenters. The minimum Gasteiger partial charge on any atom is -0.497 e. The van der Waals surface area contributed by atoms with Crippen molar-refractivity contribution in [3.05, 3.63) is 47.0 Å². The Balaban J connectivity index is 1.54. The van der Waals surface area contributed by atoms with Crippen molar-refractivity contribution in [2.45, 2.75) is 51.2 Å². The van der Waals surface area contributed by atoms with Gasteiger partial charge >= 0.3 is 0 Å². The molecule has 2 aromatic rings. The summed E-state index contributed by atoms with van der Waals surface area (Å²) in [5.41, 5.74) is 2.75. The summed E-state index contributed by atoms with van der Waals surface area (Å²) in [5.74, 6) is 2.69. The number of benzene rings is 2. The molecule has 30 heavy (non-hydrogen) atoms. The van der Waals surface area contributed by atoms with Crippen LogP contribution in [0.4, 0.5) is 0 Å². The van der Waals surface area contributed by atoms with E-state index in [2.05, 4.69) is 25.2 Å². The molecule has 0 bridgehead atoms. The van der Waals surface area contributed by atoms with E-state index in [0.29, 0.717) is 24.5 Å². The van der Waals surface area contributed by atoms with E-state index in [1.165, 1.54) is 0 Å². The van der Waals surface area contributed by atoms with Crippen LogP contribution in [0.5, 0.6) is 23.0 Å². The molecule has 0 aliphatic carbocycles. The van der Waals surface area contributed by atoms with E-state index in [1.54, 1.807) is 14.2 Å². The Bertz CT molecular complexity index is 968. The maximum absolute atomic E-state index is 13.1. The second kappa shape index (κ2) is 7.74. The average Bonchev–Trinajstić information content (AvgIpc) is 3.05. The number of rotatable bonds is 5. The number of fused-ring (bicyclic) bond motifs is 2. The zero-order chi connectivity index (χ0) is 21.5. The predicted molar refractivity (Wildman–Crippen MR) is 114 cm³/mol. The number of amides is 1. The van der Waals surface area contributed by atoms with Crippen LogP contribution in [0.1, 0.15) is 55.8 Å². The van der Waals surface area contributed by atoms with Crippen molar-refractivity contribution in [1.82, 2.24) is 5.32 Å². The Hall–Kier alpha value is -2.89. The van der Waals surface area contributed by atoms with E-state index in [1.807, 2.05) is 31.2 Å². The Morgan fingerprint density at radius 1 is 1.20 bits per heavy atom. The second-order valence-electron chi connectivity index (χ2n) is 8.57. The van der Waals surface area contributed by atoms with Crippen molar-refractivity contribution in [3.63, 3.8) is 0 Å². The van der Waals surface area contributed by atoms with E-state index in [9.17, 15) is 4.79 Å². The highest BCUT2D eigenvalue weighted by atomic mass is 16.5. The van der Waals surface area contributed by atoms with Gasteiger partial charge in [-0.3, -0.25) is 4.79 Å². The summed E-state index contributed by atoms with van der Waals surface area (Å²) >= 11 is 0. The number of hydrogen-bond donors (Lipinski definition) is 1. The van der Waals surface area contributed by atoms with Gasteiger partial charge in [-0.1, -0.05) is 6.07 Å². The summed E-state index contributed by atoms with van der Waals surface area (Å²) in [7, 11) is 3.26. The van der Waals surface area contributed by atoms with Crippen molar-refractivity contribution in [1.29, 1.82) is 0 Å². The van der Waals surface area contributed by atoms with E-state index in [0.717, 1.165) is 34.6 Å². The lowest BCUT2D eigenvalue weighted by Crippen LogP contribution is -2.34. The summed E-state index contributed by atoms with van der Waals surface area (Å²) < 4.78 is 22.6. The van der Waals surface area contributed by atoms with Crippen LogP contribution < -0.4 is 24.3 Å². The van der Waals surface area contributed by atoms with E-state index >= 15 is 0 Å². The highest BCUT2D eigenvalue weighted by molar-refractivity contribution is 5.85. The SMILES string of the molecule is COc1ccc2c(c1)OCCC2C(=O)NC(C)c1cc2c(c(OC)c1)OC(C)(C)C2. The minimum absolute atomic E-state index is 0.00624. The Kier molecular flexibility index (Phi) is 5.26. The molecule has 160 valence electrons. The van der Waals surface area contributed by atoms with Gasteiger partial charge in [0.15, 0.2) is 11.5 Å². The van der Waals surface area contributed by atoms with Gasteiger partial charge in [-0.25, -0.2) is 0 Å². The monoisotopic (exact) mass is 411 g/mol. The lowest BCUT2D eigenvalue weighted by atomic mass is 9.91. The fraction of sp³-hybridized carbons (Fsp3) is 0.458. The molecular weight excluding hydrogens is 382 g/mol. The zero-order valence-electron chi connectivity index (χ0n) is 18.2. The van der Waals surface area contributed by atoms with Gasteiger partial charge in [0.25, 0.3) is 0 Å². The van der Waals surface area contributed by atoms with Crippen molar-refractivity contribution in [2.24, 2.45) is 0 Å². The Labute approximate surface area is 177 Å². The maximum atomic E-state index is 13.1. The number of carbonyl (C=O) groups is 1. The van der Waals surface area contributed by atoms with Crippen LogP contribution in [0.2, 0.25) is 0 Å². The molecule has 1 N–H and O–H groups in total. The topological polar surface area (TPSA) is 66.0 Å². The molecule has 0 radical (unpaired) electrons. The van der Waals surface area contributed by atoms with Gasteiger partial charge in [0.2, 0.25) is 5.91 Å². The van der Waals surface area contributed by atoms with Crippen molar-refractivity contribution in [2.75, 3.05) is 20.8 Å². The van der Waals surface area contributed by atoms with Crippen LogP contribution in [-0.2, 0) is 11.2 Å². The number of carbonyl (C=O) groups excluding carboxylic acids is 1. The lowest BCUT2D eigenvalue weighted by molar-refractivity contribution is -0.123. The fourth-order valence-electron chi connectivity index (χ4n) is 4.27. The molecule has 2 aliphatic heterocycles. The van der Waals surface area contributed by atoms with Crippen LogP contribution in [0, 0.1) is 0 Å². The Morgan fingerprint density at radius 3 is 2.73 bits per heavy atom. The van der Waals surface area contributed by atoms with Crippen LogP contribution in [-0.4, -0.2) is 32.3 Å². The molecule has 2 unspecified atom stereocenters. The molecule has 2 aromatic carbocycles. The first-order valence-electron chi connectivity index (χ1n) is 10.3. The average molecular weight is 411 g/mol. The molecule has 0 fully saturated rings. The highest BCUT2D eigenvalue weighted by Gasteiger charge is 2.34. The van der Waals surface area contributed by atoms with E-state index in [-0.39, 0.29) is 23.5 Å². The first-order chi connectivity index (χ1) is 14.3. The van der Waals surface area contributed by atoms with Gasteiger partial charge < -0.3 is 24.3 Å². The smallest absolute Gasteiger partial charge is 0.228 e. The number of hydrogen-bond acceptors (Lipinski definition) is 5. The Morgan fingerprint density at radius 2 is 2.00 bits per heavy atom. The van der Waals surface area contributed by atoms with Crippen LogP contribution in [0.25, 0.3) is 0 Å². The first kappa shape index (κ1) is 20.4. The number of methoxy groups -OCH3 is 2. The van der Waals surface area contributed by atoms with Gasteiger partial charge in [0.05, 0.1) is 32.8 Å². The zero-order valence-corrected chi connectivity index (χ0v) is 18.2. The summed E-state index contributed by atoms with van der Waals surface area (Å²) in [6.45, 7) is 6.63. The van der Waals surface area contributed by atoms with Crippen molar-refractivity contribution in [3.8, 4) is 23.0 Å². The third kappa shape index (κ3) is 3.78. The van der Waals surface area contributed by atoms with Gasteiger partial charge in [-0.05, 0) is 51.0 Å². The third-order valence-electron chi connectivity index (χ3n) is 5.80. The predicted octanol–water partition coefficient (Wildman–Crippen LogP) is 4.16. The minimum atomic E-state index is -0.256. The molecule has 2 aliphatic rings. The largest absolute Gasteiger partial charge is 0.497 e. The molecule has 1 amide bonds. The summed E-state index contributed by atoms with van der Waals surface area (Å²) in [4.78, 5) is 13.1. The molecule has 4 rings (SSSR count). The standard InChI is InChI=1S/C24H29NO5/c1-14(15-10-16-13-24(2,3)30-22(16)21(11-15)28-5)25-23(26)19-8-9-29-20-12-17(27-4)6-7-18(19)20/h6-7,10-12,14,19H,8-9,13H2,1-5H3,(H,25,26). The van der Waals surface area contributed by atoms with Gasteiger partial charge in [-0.2, -0.15) is 0 Å². The van der Waals surface area contributed by atoms with Crippen LogP contribution in [0.3, 0.4) is 0 Å². The van der Waals surface area contributed by atoms with Gasteiger partial charge in [-0.15, -0.1) is 0 Å². The van der Waals surface area contributed by atoms with Gasteiger partial charge in [0.1, 0.15) is 17.1 Å². The van der Waals surface area contributed by atoms with Crippen LogP contribution in [0.15, 0.2) is 30.3 Å². The quantitative estimate of drug-likeness (QED) is 0.800. The van der Waals surface area contributed by atoms with Crippen LogP contribution >= 0.6 is 0 Å². The number of nitrogens with one attached hydrogen (secondary N) is 1. The van der Waals surface area contributed by atoms with E-state index in [4.69, 9.17) is 18.9 Å².